The Bertz CT molecular complexity index is 316. The van der Waals surface area contributed by atoms with Crippen molar-refractivity contribution in [2.24, 2.45) is 5.92 Å². The van der Waals surface area contributed by atoms with Crippen molar-refractivity contribution in [3.8, 4) is 0 Å². The van der Waals surface area contributed by atoms with Crippen molar-refractivity contribution in [1.29, 1.82) is 0 Å². The molecule has 1 aliphatic rings. The van der Waals surface area contributed by atoms with Gasteiger partial charge in [-0.15, -0.1) is 0 Å². The largest absolute Gasteiger partial charge is 0.396 e. The number of aryl methyl sites for hydroxylation is 1. The lowest BCUT2D eigenvalue weighted by molar-refractivity contribution is 0.281. The third-order valence-electron chi connectivity index (χ3n) is 3.23. The Labute approximate surface area is 97.7 Å². The maximum Gasteiger partial charge on any atom is 0.0443 e. The van der Waals surface area contributed by atoms with E-state index in [1.54, 1.807) is 0 Å². The summed E-state index contributed by atoms with van der Waals surface area (Å²) < 4.78 is 0. The summed E-state index contributed by atoms with van der Waals surface area (Å²) in [5.74, 6) is 0.807. The van der Waals surface area contributed by atoms with E-state index >= 15 is 0 Å². The second-order valence-electron chi connectivity index (χ2n) is 4.76. The number of aliphatic hydroxyl groups is 1. The van der Waals surface area contributed by atoms with Crippen LogP contribution in [-0.4, -0.2) is 18.3 Å². The number of aliphatic hydroxyl groups excluding tert-OH is 1. The van der Waals surface area contributed by atoms with Crippen LogP contribution in [0.3, 0.4) is 0 Å². The molecule has 2 nitrogen and oxygen atoms in total. The van der Waals surface area contributed by atoms with Crippen molar-refractivity contribution in [2.45, 2.75) is 32.2 Å². The summed E-state index contributed by atoms with van der Waals surface area (Å²) in [4.78, 5) is 0. The van der Waals surface area contributed by atoms with Gasteiger partial charge in [-0.25, -0.2) is 0 Å². The molecule has 0 radical (unpaired) electrons. The summed E-state index contributed by atoms with van der Waals surface area (Å²) in [6.07, 6.45) is 3.52. The van der Waals surface area contributed by atoms with Crippen LogP contribution in [0, 0.1) is 12.8 Å². The van der Waals surface area contributed by atoms with Crippen LogP contribution < -0.4 is 5.32 Å². The van der Waals surface area contributed by atoms with E-state index in [4.69, 9.17) is 5.11 Å². The molecule has 0 aliphatic heterocycles. The highest BCUT2D eigenvalue weighted by atomic mass is 16.3. The van der Waals surface area contributed by atoms with E-state index in [0.717, 1.165) is 18.9 Å². The van der Waals surface area contributed by atoms with Gasteiger partial charge in [0.1, 0.15) is 0 Å². The zero-order valence-electron chi connectivity index (χ0n) is 9.95. The van der Waals surface area contributed by atoms with Gasteiger partial charge in [0.05, 0.1) is 0 Å². The quantitative estimate of drug-likeness (QED) is 0.720. The van der Waals surface area contributed by atoms with Gasteiger partial charge in [0.2, 0.25) is 0 Å². The molecular weight excluding hydrogens is 198 g/mol. The third kappa shape index (κ3) is 3.06. The van der Waals surface area contributed by atoms with Gasteiger partial charge in [0.25, 0.3) is 0 Å². The molecule has 1 fully saturated rings. The van der Waals surface area contributed by atoms with Gasteiger partial charge in [-0.1, -0.05) is 29.8 Å². The predicted molar refractivity (Wildman–Crippen MR) is 66.3 cm³/mol. The summed E-state index contributed by atoms with van der Waals surface area (Å²) >= 11 is 0. The van der Waals surface area contributed by atoms with Crippen molar-refractivity contribution in [2.75, 3.05) is 13.2 Å². The van der Waals surface area contributed by atoms with E-state index in [-0.39, 0.29) is 6.61 Å². The SMILES string of the molecule is Cc1ccc(C(NCCCO)C2CC2)cc1. The zero-order chi connectivity index (χ0) is 11.4. The number of rotatable bonds is 6. The van der Waals surface area contributed by atoms with E-state index < -0.39 is 0 Å². The highest BCUT2D eigenvalue weighted by Crippen LogP contribution is 2.40. The molecule has 0 spiro atoms. The van der Waals surface area contributed by atoms with Crippen molar-refractivity contribution >= 4 is 0 Å². The Morgan fingerprint density at radius 3 is 2.56 bits per heavy atom. The lowest BCUT2D eigenvalue weighted by atomic mass is 10.0. The monoisotopic (exact) mass is 219 g/mol. The summed E-state index contributed by atoms with van der Waals surface area (Å²) in [5.41, 5.74) is 2.71. The summed E-state index contributed by atoms with van der Waals surface area (Å²) in [6, 6.07) is 9.30. The highest BCUT2D eigenvalue weighted by molar-refractivity contribution is 5.25. The number of hydrogen-bond acceptors (Lipinski definition) is 2. The van der Waals surface area contributed by atoms with Crippen LogP contribution in [0.1, 0.15) is 36.4 Å². The molecule has 1 aromatic rings. The molecule has 1 unspecified atom stereocenters. The Kier molecular flexibility index (Phi) is 3.97. The van der Waals surface area contributed by atoms with E-state index in [1.807, 2.05) is 0 Å². The van der Waals surface area contributed by atoms with E-state index in [1.165, 1.54) is 24.0 Å². The molecule has 16 heavy (non-hydrogen) atoms. The summed E-state index contributed by atoms with van der Waals surface area (Å²) in [5, 5.41) is 12.4. The van der Waals surface area contributed by atoms with Crippen LogP contribution in [-0.2, 0) is 0 Å². The Morgan fingerprint density at radius 2 is 2.00 bits per heavy atom. The van der Waals surface area contributed by atoms with Gasteiger partial charge in [0, 0.05) is 12.6 Å². The van der Waals surface area contributed by atoms with Crippen molar-refractivity contribution in [3.05, 3.63) is 35.4 Å². The van der Waals surface area contributed by atoms with Gasteiger partial charge < -0.3 is 10.4 Å². The first-order chi connectivity index (χ1) is 7.81. The standard InChI is InChI=1S/C14H21NO/c1-11-3-5-12(6-4-11)14(13-7-8-13)15-9-2-10-16/h3-6,13-16H,2,7-10H2,1H3. The second-order valence-corrected chi connectivity index (χ2v) is 4.76. The summed E-state index contributed by atoms with van der Waals surface area (Å²) in [6.45, 7) is 3.30. The average molecular weight is 219 g/mol. The molecule has 1 atom stereocenters. The minimum atomic E-state index is 0.276. The summed E-state index contributed by atoms with van der Waals surface area (Å²) in [7, 11) is 0. The Hall–Kier alpha value is -0.860. The molecule has 1 saturated carbocycles. The van der Waals surface area contributed by atoms with Crippen LogP contribution in [0.15, 0.2) is 24.3 Å². The van der Waals surface area contributed by atoms with E-state index in [9.17, 15) is 0 Å². The smallest absolute Gasteiger partial charge is 0.0443 e. The van der Waals surface area contributed by atoms with Crippen LogP contribution in [0.5, 0.6) is 0 Å². The Balaban J connectivity index is 1.98. The van der Waals surface area contributed by atoms with E-state index in [2.05, 4.69) is 36.5 Å². The van der Waals surface area contributed by atoms with Gasteiger partial charge in [-0.2, -0.15) is 0 Å². The zero-order valence-corrected chi connectivity index (χ0v) is 9.95. The average Bonchev–Trinajstić information content (AvgIpc) is 3.10. The first kappa shape index (κ1) is 11.6. The minimum absolute atomic E-state index is 0.276. The number of benzene rings is 1. The molecule has 0 heterocycles. The fourth-order valence-electron chi connectivity index (χ4n) is 2.10. The molecule has 2 N–H and O–H groups in total. The first-order valence-corrected chi connectivity index (χ1v) is 6.22. The van der Waals surface area contributed by atoms with Gasteiger partial charge >= 0.3 is 0 Å². The molecule has 2 heteroatoms. The molecule has 0 saturated heterocycles. The minimum Gasteiger partial charge on any atom is -0.396 e. The third-order valence-corrected chi connectivity index (χ3v) is 3.23. The van der Waals surface area contributed by atoms with Crippen molar-refractivity contribution in [1.82, 2.24) is 5.32 Å². The van der Waals surface area contributed by atoms with Gasteiger partial charge in [-0.3, -0.25) is 0 Å². The maximum atomic E-state index is 8.80. The number of nitrogens with one attached hydrogen (secondary N) is 1. The van der Waals surface area contributed by atoms with E-state index in [0.29, 0.717) is 6.04 Å². The molecule has 88 valence electrons. The highest BCUT2D eigenvalue weighted by Gasteiger charge is 2.31. The van der Waals surface area contributed by atoms with Crippen LogP contribution in [0.4, 0.5) is 0 Å². The topological polar surface area (TPSA) is 32.3 Å². The molecule has 2 rings (SSSR count). The van der Waals surface area contributed by atoms with Crippen molar-refractivity contribution in [3.63, 3.8) is 0 Å². The maximum absolute atomic E-state index is 8.80. The molecule has 1 aliphatic carbocycles. The Morgan fingerprint density at radius 1 is 1.31 bits per heavy atom. The predicted octanol–water partition coefficient (Wildman–Crippen LogP) is 2.42. The van der Waals surface area contributed by atoms with Gasteiger partial charge in [0.15, 0.2) is 0 Å². The van der Waals surface area contributed by atoms with Crippen LogP contribution in [0.25, 0.3) is 0 Å². The lowest BCUT2D eigenvalue weighted by Crippen LogP contribution is -2.24. The van der Waals surface area contributed by atoms with Crippen molar-refractivity contribution < 1.29 is 5.11 Å². The molecule has 1 aromatic carbocycles. The van der Waals surface area contributed by atoms with Gasteiger partial charge in [-0.05, 0) is 44.2 Å². The fourth-order valence-corrected chi connectivity index (χ4v) is 2.10. The van der Waals surface area contributed by atoms with Crippen LogP contribution >= 0.6 is 0 Å². The molecular formula is C14H21NO. The molecule has 0 aromatic heterocycles. The first-order valence-electron chi connectivity index (χ1n) is 6.22. The fraction of sp³-hybridized carbons (Fsp3) is 0.571. The normalized spacial score (nSPS) is 17.4. The van der Waals surface area contributed by atoms with Crippen LogP contribution in [0.2, 0.25) is 0 Å². The number of hydrogen-bond donors (Lipinski definition) is 2. The lowest BCUT2D eigenvalue weighted by Gasteiger charge is -2.18. The molecule has 0 bridgehead atoms. The molecule has 0 amide bonds. The second kappa shape index (κ2) is 5.46.